The Labute approximate surface area is 203 Å². The Hall–Kier alpha value is -2.89. The number of halogens is 5. The van der Waals surface area contributed by atoms with E-state index in [1.807, 2.05) is 12.1 Å². The SMILES string of the molecule is CCCCCCCCCc1ccc(-c2c([O])cc(F)c(CCc3cc(F)c(F)c(F)c3)c2F)cc1. The predicted molar refractivity (Wildman–Crippen MR) is 127 cm³/mol. The van der Waals surface area contributed by atoms with Gasteiger partial charge in [0.1, 0.15) is 11.6 Å². The highest BCUT2D eigenvalue weighted by Crippen LogP contribution is 2.36. The third-order valence-electron chi connectivity index (χ3n) is 6.30. The fourth-order valence-corrected chi connectivity index (χ4v) is 4.28. The Morgan fingerprint density at radius 3 is 1.83 bits per heavy atom. The van der Waals surface area contributed by atoms with Gasteiger partial charge in [-0.05, 0) is 54.5 Å². The van der Waals surface area contributed by atoms with Gasteiger partial charge in [0.25, 0.3) is 0 Å². The fourth-order valence-electron chi connectivity index (χ4n) is 4.28. The summed E-state index contributed by atoms with van der Waals surface area (Å²) in [7, 11) is 0. The molecule has 0 unspecified atom stereocenters. The molecule has 1 radical (unpaired) electrons. The first-order valence-corrected chi connectivity index (χ1v) is 12.2. The van der Waals surface area contributed by atoms with Crippen LogP contribution in [0.4, 0.5) is 22.0 Å². The molecule has 0 N–H and O–H groups in total. The van der Waals surface area contributed by atoms with Gasteiger partial charge in [0.05, 0.1) is 5.56 Å². The molecule has 3 aromatic rings. The standard InChI is InChI=1S/C29H30F5O/c1-2-3-4-5-6-7-8-9-19-10-13-21(14-11-19)27-26(35)18-23(30)22(28(27)33)15-12-20-16-24(31)29(34)25(32)17-20/h10-11,13-14,16-18H,2-9,12,15H2,1H3. The molecular formula is C29H30F5O. The van der Waals surface area contributed by atoms with Crippen molar-refractivity contribution in [1.29, 1.82) is 0 Å². The van der Waals surface area contributed by atoms with E-state index in [0.29, 0.717) is 5.56 Å². The molecule has 187 valence electrons. The summed E-state index contributed by atoms with van der Waals surface area (Å²) in [4.78, 5) is 0. The molecule has 0 fully saturated rings. The van der Waals surface area contributed by atoms with E-state index in [9.17, 15) is 22.7 Å². The van der Waals surface area contributed by atoms with Crippen LogP contribution in [0.2, 0.25) is 0 Å². The molecule has 35 heavy (non-hydrogen) atoms. The van der Waals surface area contributed by atoms with Crippen LogP contribution in [0.25, 0.3) is 11.1 Å². The molecule has 0 aliphatic carbocycles. The van der Waals surface area contributed by atoms with Crippen LogP contribution in [0.5, 0.6) is 5.75 Å². The van der Waals surface area contributed by atoms with E-state index in [-0.39, 0.29) is 29.5 Å². The van der Waals surface area contributed by atoms with Crippen molar-refractivity contribution in [2.24, 2.45) is 0 Å². The van der Waals surface area contributed by atoms with Crippen LogP contribution in [0, 0.1) is 29.1 Å². The Bertz CT molecular complexity index is 1100. The van der Waals surface area contributed by atoms with Gasteiger partial charge in [-0.15, -0.1) is 0 Å². The molecule has 1 nitrogen and oxygen atoms in total. The van der Waals surface area contributed by atoms with Crippen molar-refractivity contribution >= 4 is 0 Å². The maximum Gasteiger partial charge on any atom is 0.194 e. The number of hydrogen-bond donors (Lipinski definition) is 0. The van der Waals surface area contributed by atoms with Crippen molar-refractivity contribution in [1.82, 2.24) is 0 Å². The summed E-state index contributed by atoms with van der Waals surface area (Å²) in [6.07, 6.45) is 8.94. The van der Waals surface area contributed by atoms with Gasteiger partial charge in [0.2, 0.25) is 0 Å². The van der Waals surface area contributed by atoms with Crippen LogP contribution in [0.15, 0.2) is 42.5 Å². The molecule has 0 atom stereocenters. The van der Waals surface area contributed by atoms with Gasteiger partial charge >= 0.3 is 0 Å². The quantitative estimate of drug-likeness (QED) is 0.137. The van der Waals surface area contributed by atoms with E-state index in [0.717, 1.165) is 43.0 Å². The highest BCUT2D eigenvalue weighted by atomic mass is 19.2. The zero-order valence-corrected chi connectivity index (χ0v) is 19.9. The van der Waals surface area contributed by atoms with Crippen molar-refractivity contribution in [3.63, 3.8) is 0 Å². The van der Waals surface area contributed by atoms with E-state index >= 15 is 4.39 Å². The minimum Gasteiger partial charge on any atom is -0.289 e. The number of benzene rings is 3. The van der Waals surface area contributed by atoms with Gasteiger partial charge < -0.3 is 0 Å². The van der Waals surface area contributed by atoms with Gasteiger partial charge in [0, 0.05) is 11.6 Å². The number of aryl methyl sites for hydroxylation is 2. The molecule has 3 aromatic carbocycles. The van der Waals surface area contributed by atoms with Crippen LogP contribution in [0.1, 0.15) is 68.6 Å². The van der Waals surface area contributed by atoms with Crippen molar-refractivity contribution in [3.8, 4) is 16.9 Å². The molecule has 6 heteroatoms. The summed E-state index contributed by atoms with van der Waals surface area (Å²) in [5.74, 6) is -7.11. The molecular weight excluding hydrogens is 459 g/mol. The zero-order chi connectivity index (χ0) is 25.4. The van der Waals surface area contributed by atoms with Gasteiger partial charge in [-0.1, -0.05) is 69.7 Å². The van der Waals surface area contributed by atoms with Gasteiger partial charge in [-0.2, -0.15) is 0 Å². The number of rotatable bonds is 12. The molecule has 0 spiro atoms. The van der Waals surface area contributed by atoms with Crippen LogP contribution < -0.4 is 0 Å². The molecule has 0 aromatic heterocycles. The summed E-state index contributed by atoms with van der Waals surface area (Å²) < 4.78 is 69.7. The van der Waals surface area contributed by atoms with Crippen molar-refractivity contribution in [2.45, 2.75) is 71.1 Å². The van der Waals surface area contributed by atoms with Crippen molar-refractivity contribution in [3.05, 3.63) is 88.2 Å². The molecule has 0 amide bonds. The van der Waals surface area contributed by atoms with E-state index in [1.54, 1.807) is 12.1 Å². The molecule has 0 aliphatic heterocycles. The lowest BCUT2D eigenvalue weighted by Gasteiger charge is -2.12. The van der Waals surface area contributed by atoms with E-state index < -0.39 is 34.8 Å². The minimum atomic E-state index is -1.60. The molecule has 0 saturated carbocycles. The first-order chi connectivity index (χ1) is 16.8. The number of hydrogen-bond acceptors (Lipinski definition) is 0. The van der Waals surface area contributed by atoms with E-state index in [2.05, 4.69) is 6.92 Å². The Kier molecular flexibility index (Phi) is 9.70. The summed E-state index contributed by atoms with van der Waals surface area (Å²) in [6, 6.07) is 9.32. The first kappa shape index (κ1) is 26.7. The zero-order valence-electron chi connectivity index (χ0n) is 19.9. The predicted octanol–water partition coefficient (Wildman–Crippen LogP) is 9.27. The fraction of sp³-hybridized carbons (Fsp3) is 0.379. The highest BCUT2D eigenvalue weighted by molar-refractivity contribution is 5.72. The van der Waals surface area contributed by atoms with E-state index in [4.69, 9.17) is 0 Å². The third kappa shape index (κ3) is 7.06. The van der Waals surface area contributed by atoms with Crippen LogP contribution in [-0.2, 0) is 24.4 Å². The summed E-state index contributed by atoms with van der Waals surface area (Å²) in [6.45, 7) is 2.19. The second-order valence-corrected chi connectivity index (χ2v) is 8.97. The third-order valence-corrected chi connectivity index (χ3v) is 6.30. The van der Waals surface area contributed by atoms with Crippen LogP contribution >= 0.6 is 0 Å². The topological polar surface area (TPSA) is 19.9 Å². The average Bonchev–Trinajstić information content (AvgIpc) is 2.82. The Balaban J connectivity index is 1.69. The first-order valence-electron chi connectivity index (χ1n) is 12.2. The monoisotopic (exact) mass is 489 g/mol. The summed E-state index contributed by atoms with van der Waals surface area (Å²) in [5.41, 5.74) is 0.897. The summed E-state index contributed by atoms with van der Waals surface area (Å²) >= 11 is 0. The van der Waals surface area contributed by atoms with E-state index in [1.165, 1.54) is 32.1 Å². The maximum atomic E-state index is 15.2. The molecule has 0 saturated heterocycles. The molecule has 3 rings (SSSR count). The molecule has 0 aliphatic rings. The molecule has 0 heterocycles. The second-order valence-electron chi connectivity index (χ2n) is 8.97. The second kappa shape index (κ2) is 12.7. The summed E-state index contributed by atoms with van der Waals surface area (Å²) in [5, 5.41) is 12.4. The minimum absolute atomic E-state index is 0.0580. The lowest BCUT2D eigenvalue weighted by Crippen LogP contribution is -2.03. The van der Waals surface area contributed by atoms with Crippen molar-refractivity contribution in [2.75, 3.05) is 0 Å². The lowest BCUT2D eigenvalue weighted by atomic mass is 9.95. The Morgan fingerprint density at radius 2 is 1.20 bits per heavy atom. The Morgan fingerprint density at radius 1 is 0.600 bits per heavy atom. The number of unbranched alkanes of at least 4 members (excludes halogenated alkanes) is 6. The van der Waals surface area contributed by atoms with Gasteiger partial charge in [-0.25, -0.2) is 22.0 Å². The smallest absolute Gasteiger partial charge is 0.194 e. The average molecular weight is 490 g/mol. The van der Waals surface area contributed by atoms with Crippen LogP contribution in [-0.4, -0.2) is 0 Å². The van der Waals surface area contributed by atoms with Crippen LogP contribution in [0.3, 0.4) is 0 Å². The van der Waals surface area contributed by atoms with Gasteiger partial charge in [0.15, 0.2) is 23.2 Å². The normalized spacial score (nSPS) is 11.3. The maximum absolute atomic E-state index is 15.2. The largest absolute Gasteiger partial charge is 0.289 e. The van der Waals surface area contributed by atoms with Crippen molar-refractivity contribution < 1.29 is 27.1 Å². The molecule has 0 bridgehead atoms. The lowest BCUT2D eigenvalue weighted by molar-refractivity contribution is 0.350. The van der Waals surface area contributed by atoms with Gasteiger partial charge in [-0.3, -0.25) is 5.11 Å². The highest BCUT2D eigenvalue weighted by Gasteiger charge is 2.21.